The topological polar surface area (TPSA) is 64.7 Å². The van der Waals surface area contributed by atoms with E-state index in [-0.39, 0.29) is 11.8 Å². The molecule has 3 rings (SSSR count). The van der Waals surface area contributed by atoms with Gasteiger partial charge >= 0.3 is 0 Å². The Balaban J connectivity index is 1.64. The van der Waals surface area contributed by atoms with Gasteiger partial charge in [-0.25, -0.2) is 4.68 Å². The Labute approximate surface area is 147 Å². The summed E-state index contributed by atoms with van der Waals surface area (Å²) < 4.78 is 3.69. The quantitative estimate of drug-likeness (QED) is 0.752. The summed E-state index contributed by atoms with van der Waals surface area (Å²) in [6.45, 7) is 7.51. The first kappa shape index (κ1) is 17.0. The van der Waals surface area contributed by atoms with Crippen LogP contribution in [-0.2, 0) is 6.54 Å². The van der Waals surface area contributed by atoms with Crippen LogP contribution in [0.3, 0.4) is 0 Å². The number of carbonyl (C=O) groups excluding carboxylic acids is 1. The first-order valence-corrected chi connectivity index (χ1v) is 8.43. The highest BCUT2D eigenvalue weighted by Gasteiger charge is 2.14. The van der Waals surface area contributed by atoms with Crippen molar-refractivity contribution in [2.75, 3.05) is 6.54 Å². The minimum Gasteiger partial charge on any atom is -0.352 e. The van der Waals surface area contributed by atoms with Crippen LogP contribution in [0.2, 0.25) is 0 Å². The van der Waals surface area contributed by atoms with Crippen LogP contribution < -0.4 is 5.32 Å². The molecule has 0 radical (unpaired) electrons. The number of nitrogens with zero attached hydrogens (tertiary/aromatic N) is 4. The Kier molecular flexibility index (Phi) is 4.97. The Bertz CT molecular complexity index is 851. The van der Waals surface area contributed by atoms with E-state index in [0.717, 1.165) is 23.6 Å². The van der Waals surface area contributed by atoms with Crippen molar-refractivity contribution in [1.82, 2.24) is 24.9 Å². The number of benzene rings is 1. The predicted octanol–water partition coefficient (Wildman–Crippen LogP) is 2.75. The Morgan fingerprint density at radius 3 is 2.72 bits per heavy atom. The third-order valence-corrected chi connectivity index (χ3v) is 4.10. The van der Waals surface area contributed by atoms with E-state index in [1.807, 2.05) is 55.1 Å². The minimum absolute atomic E-state index is 0.0914. The van der Waals surface area contributed by atoms with Crippen LogP contribution in [-0.4, -0.2) is 32.0 Å². The first-order chi connectivity index (χ1) is 12.0. The molecule has 1 N–H and O–H groups in total. The largest absolute Gasteiger partial charge is 0.352 e. The van der Waals surface area contributed by atoms with Crippen LogP contribution in [0.5, 0.6) is 0 Å². The fraction of sp³-hybridized carbons (Fsp3) is 0.316. The Morgan fingerprint density at radius 1 is 1.24 bits per heavy atom. The van der Waals surface area contributed by atoms with Gasteiger partial charge in [-0.1, -0.05) is 19.1 Å². The highest BCUT2D eigenvalue weighted by Crippen LogP contribution is 2.13. The van der Waals surface area contributed by atoms with Crippen molar-refractivity contribution < 1.29 is 4.79 Å². The normalized spacial score (nSPS) is 12.1. The Morgan fingerprint density at radius 2 is 2.04 bits per heavy atom. The molecule has 6 nitrogen and oxygen atoms in total. The summed E-state index contributed by atoms with van der Waals surface area (Å²) in [5.74, 6) is 0.185. The molecule has 0 spiro atoms. The SMILES string of the molecule is Cc1cc(C)n(C[C@@H](C)CNC(=O)c2ccccc2-n2cccn2)n1. The van der Waals surface area contributed by atoms with Crippen LogP contribution in [0.15, 0.2) is 48.8 Å². The maximum atomic E-state index is 12.6. The van der Waals surface area contributed by atoms with E-state index in [2.05, 4.69) is 28.5 Å². The number of aryl methyl sites for hydroxylation is 2. The molecule has 1 amide bonds. The number of aromatic nitrogens is 4. The highest BCUT2D eigenvalue weighted by atomic mass is 16.1. The van der Waals surface area contributed by atoms with Gasteiger partial charge in [-0.05, 0) is 44.0 Å². The second kappa shape index (κ2) is 7.34. The summed E-state index contributed by atoms with van der Waals surface area (Å²) in [5, 5.41) is 11.7. The number of hydrogen-bond donors (Lipinski definition) is 1. The molecule has 3 aromatic rings. The highest BCUT2D eigenvalue weighted by molar-refractivity contribution is 5.97. The summed E-state index contributed by atoms with van der Waals surface area (Å²) in [5.41, 5.74) is 3.54. The Hall–Kier alpha value is -2.89. The lowest BCUT2D eigenvalue weighted by Gasteiger charge is -2.15. The minimum atomic E-state index is -0.0914. The van der Waals surface area contributed by atoms with Crippen LogP contribution in [0.4, 0.5) is 0 Å². The third-order valence-electron chi connectivity index (χ3n) is 4.10. The number of nitrogens with one attached hydrogen (secondary N) is 1. The van der Waals surface area contributed by atoms with Gasteiger partial charge in [-0.3, -0.25) is 9.48 Å². The molecule has 0 aliphatic heterocycles. The molecule has 0 unspecified atom stereocenters. The average Bonchev–Trinajstić information content (AvgIpc) is 3.23. The molecular formula is C19H23N5O. The fourth-order valence-corrected chi connectivity index (χ4v) is 2.86. The lowest BCUT2D eigenvalue weighted by molar-refractivity contribution is 0.0946. The predicted molar refractivity (Wildman–Crippen MR) is 96.8 cm³/mol. The van der Waals surface area contributed by atoms with Crippen molar-refractivity contribution in [3.63, 3.8) is 0 Å². The lowest BCUT2D eigenvalue weighted by atomic mass is 10.1. The van der Waals surface area contributed by atoms with Gasteiger partial charge in [0.1, 0.15) is 0 Å². The van der Waals surface area contributed by atoms with Crippen molar-refractivity contribution in [2.45, 2.75) is 27.3 Å². The summed E-state index contributed by atoms with van der Waals surface area (Å²) >= 11 is 0. The van der Waals surface area contributed by atoms with Gasteiger partial charge in [0.05, 0.1) is 16.9 Å². The molecule has 25 heavy (non-hydrogen) atoms. The molecule has 1 aromatic carbocycles. The molecule has 6 heteroatoms. The second-order valence-electron chi connectivity index (χ2n) is 6.39. The zero-order valence-electron chi connectivity index (χ0n) is 14.8. The molecule has 2 aromatic heterocycles. The number of hydrogen-bond acceptors (Lipinski definition) is 3. The van der Waals surface area contributed by atoms with Gasteiger partial charge in [-0.2, -0.15) is 10.2 Å². The summed E-state index contributed by atoms with van der Waals surface area (Å²) in [6, 6.07) is 11.4. The number of amides is 1. The molecule has 0 bridgehead atoms. The molecule has 0 saturated heterocycles. The summed E-state index contributed by atoms with van der Waals surface area (Å²) in [7, 11) is 0. The van der Waals surface area contributed by atoms with Crippen molar-refractivity contribution >= 4 is 5.91 Å². The first-order valence-electron chi connectivity index (χ1n) is 8.43. The molecule has 2 heterocycles. The van der Waals surface area contributed by atoms with Crippen LogP contribution in [0.25, 0.3) is 5.69 Å². The molecule has 0 fully saturated rings. The van der Waals surface area contributed by atoms with E-state index in [1.54, 1.807) is 10.9 Å². The van der Waals surface area contributed by atoms with Crippen molar-refractivity contribution in [3.8, 4) is 5.69 Å². The number of rotatable bonds is 6. The van der Waals surface area contributed by atoms with Gasteiger partial charge < -0.3 is 5.32 Å². The van der Waals surface area contributed by atoms with E-state index in [9.17, 15) is 4.79 Å². The molecule has 1 atom stereocenters. The van der Waals surface area contributed by atoms with Gasteiger partial charge in [0, 0.05) is 31.2 Å². The van der Waals surface area contributed by atoms with Gasteiger partial charge in [0.2, 0.25) is 0 Å². The van der Waals surface area contributed by atoms with E-state index in [1.165, 1.54) is 0 Å². The summed E-state index contributed by atoms with van der Waals surface area (Å²) in [6.07, 6.45) is 3.53. The molecule has 0 aliphatic carbocycles. The molecule has 0 aliphatic rings. The van der Waals surface area contributed by atoms with Crippen molar-refractivity contribution in [3.05, 3.63) is 65.7 Å². The molecular weight excluding hydrogens is 314 g/mol. The van der Waals surface area contributed by atoms with E-state index < -0.39 is 0 Å². The third kappa shape index (κ3) is 3.96. The van der Waals surface area contributed by atoms with E-state index >= 15 is 0 Å². The van der Waals surface area contributed by atoms with Crippen molar-refractivity contribution in [1.29, 1.82) is 0 Å². The van der Waals surface area contributed by atoms with Crippen LogP contribution >= 0.6 is 0 Å². The zero-order valence-corrected chi connectivity index (χ0v) is 14.8. The van der Waals surface area contributed by atoms with E-state index in [0.29, 0.717) is 12.1 Å². The number of carbonyl (C=O) groups is 1. The smallest absolute Gasteiger partial charge is 0.253 e. The molecule has 130 valence electrons. The number of para-hydroxylation sites is 1. The maximum absolute atomic E-state index is 12.6. The van der Waals surface area contributed by atoms with Crippen molar-refractivity contribution in [2.24, 2.45) is 5.92 Å². The van der Waals surface area contributed by atoms with Gasteiger partial charge in [0.25, 0.3) is 5.91 Å². The summed E-state index contributed by atoms with van der Waals surface area (Å²) in [4.78, 5) is 12.6. The molecule has 0 saturated carbocycles. The second-order valence-corrected chi connectivity index (χ2v) is 6.39. The average molecular weight is 337 g/mol. The lowest BCUT2D eigenvalue weighted by Crippen LogP contribution is -2.31. The monoisotopic (exact) mass is 337 g/mol. The van der Waals surface area contributed by atoms with Gasteiger partial charge in [0.15, 0.2) is 0 Å². The van der Waals surface area contributed by atoms with Gasteiger partial charge in [-0.15, -0.1) is 0 Å². The zero-order chi connectivity index (χ0) is 17.8. The van der Waals surface area contributed by atoms with Crippen LogP contribution in [0, 0.1) is 19.8 Å². The standard InChI is InChI=1S/C19H23N5O/c1-14(13-24-16(3)11-15(2)22-24)12-20-19(25)17-7-4-5-8-18(17)23-10-6-9-21-23/h4-11,14H,12-13H2,1-3H3,(H,20,25)/t14-/m0/s1. The van der Waals surface area contributed by atoms with E-state index in [4.69, 9.17) is 0 Å². The van der Waals surface area contributed by atoms with Crippen LogP contribution in [0.1, 0.15) is 28.7 Å². The fourth-order valence-electron chi connectivity index (χ4n) is 2.86. The maximum Gasteiger partial charge on any atom is 0.253 e.